The highest BCUT2D eigenvalue weighted by molar-refractivity contribution is 6.32. The van der Waals surface area contributed by atoms with Crippen molar-refractivity contribution in [3.8, 4) is 17.3 Å². The molecular weight excluding hydrogens is 308 g/mol. The zero-order valence-electron chi connectivity index (χ0n) is 11.5. The fourth-order valence-corrected chi connectivity index (χ4v) is 2.09. The minimum absolute atomic E-state index is 0.0367. The van der Waals surface area contributed by atoms with Crippen LogP contribution in [0.4, 0.5) is 5.95 Å². The molecule has 0 saturated carbocycles. The predicted octanol–water partition coefficient (Wildman–Crippen LogP) is 2.47. The fourth-order valence-electron chi connectivity index (χ4n) is 1.90. The Hall–Kier alpha value is -2.80. The molecule has 2 N–H and O–H groups in total. The van der Waals surface area contributed by atoms with Crippen LogP contribution < -0.4 is 10.5 Å². The molecule has 22 heavy (non-hydrogen) atoms. The summed E-state index contributed by atoms with van der Waals surface area (Å²) in [6.45, 7) is 0. The van der Waals surface area contributed by atoms with Crippen LogP contribution >= 0.6 is 11.6 Å². The van der Waals surface area contributed by atoms with Crippen molar-refractivity contribution in [2.45, 2.75) is 0 Å². The van der Waals surface area contributed by atoms with Crippen LogP contribution in [0.2, 0.25) is 5.02 Å². The summed E-state index contributed by atoms with van der Waals surface area (Å²) in [6, 6.07) is 8.00. The quantitative estimate of drug-likeness (QED) is 0.797. The molecule has 8 heteroatoms. The predicted molar refractivity (Wildman–Crippen MR) is 79.9 cm³/mol. The fraction of sp³-hybridized carbons (Fsp3) is 0.0714. The van der Waals surface area contributed by atoms with Gasteiger partial charge in [0.15, 0.2) is 5.76 Å². The van der Waals surface area contributed by atoms with E-state index in [4.69, 9.17) is 26.5 Å². The molecule has 3 rings (SSSR count). The monoisotopic (exact) mass is 318 g/mol. The second kappa shape index (κ2) is 5.53. The number of nitrogens with two attached hydrogens (primary N) is 1. The molecule has 0 aliphatic heterocycles. The Labute approximate surface area is 130 Å². The van der Waals surface area contributed by atoms with E-state index < -0.39 is 5.91 Å². The molecule has 0 aliphatic rings. The zero-order chi connectivity index (χ0) is 15.7. The van der Waals surface area contributed by atoms with E-state index in [0.29, 0.717) is 22.1 Å². The van der Waals surface area contributed by atoms with Crippen molar-refractivity contribution in [2.24, 2.45) is 0 Å². The standard InChI is InChI=1S/C14H11ClN4O3/c1-21-11-7-8(4-5-9(11)15)13(20)19-14(16)17-12(18-19)10-3-2-6-22-10/h2-7H,1H3,(H2,16,17,18). The van der Waals surface area contributed by atoms with Crippen molar-refractivity contribution in [1.29, 1.82) is 0 Å². The first-order chi connectivity index (χ1) is 10.6. The van der Waals surface area contributed by atoms with Crippen LogP contribution in [0.25, 0.3) is 11.6 Å². The highest BCUT2D eigenvalue weighted by Gasteiger charge is 2.19. The summed E-state index contributed by atoms with van der Waals surface area (Å²) in [4.78, 5) is 16.5. The number of nitrogen functional groups attached to an aromatic ring is 1. The summed E-state index contributed by atoms with van der Waals surface area (Å²) in [7, 11) is 1.47. The number of furan rings is 1. The number of nitrogens with zero attached hydrogens (tertiary/aromatic N) is 3. The Morgan fingerprint density at radius 2 is 2.23 bits per heavy atom. The number of rotatable bonds is 3. The molecule has 1 aromatic carbocycles. The van der Waals surface area contributed by atoms with E-state index in [1.807, 2.05) is 0 Å². The molecule has 0 fully saturated rings. The van der Waals surface area contributed by atoms with Crippen molar-refractivity contribution < 1.29 is 13.9 Å². The third-order valence-electron chi connectivity index (χ3n) is 2.96. The number of hydrogen-bond donors (Lipinski definition) is 1. The van der Waals surface area contributed by atoms with Crippen LogP contribution in [0.15, 0.2) is 41.0 Å². The van der Waals surface area contributed by atoms with Gasteiger partial charge in [0.1, 0.15) is 5.75 Å². The SMILES string of the molecule is COc1cc(C(=O)n2nc(-c3ccco3)nc2N)ccc1Cl. The average Bonchev–Trinajstić information content (AvgIpc) is 3.16. The van der Waals surface area contributed by atoms with Gasteiger partial charge in [0.25, 0.3) is 5.91 Å². The van der Waals surface area contributed by atoms with E-state index in [1.54, 1.807) is 24.3 Å². The van der Waals surface area contributed by atoms with Gasteiger partial charge < -0.3 is 14.9 Å². The molecule has 0 bridgehead atoms. The topological polar surface area (TPSA) is 96.2 Å². The van der Waals surface area contributed by atoms with E-state index in [9.17, 15) is 4.79 Å². The molecule has 112 valence electrons. The number of carbonyl (C=O) groups is 1. The van der Waals surface area contributed by atoms with Gasteiger partial charge in [-0.05, 0) is 30.3 Å². The van der Waals surface area contributed by atoms with E-state index >= 15 is 0 Å². The van der Waals surface area contributed by atoms with Gasteiger partial charge in [-0.25, -0.2) is 0 Å². The number of ether oxygens (including phenoxy) is 1. The lowest BCUT2D eigenvalue weighted by Crippen LogP contribution is -2.16. The van der Waals surface area contributed by atoms with Crippen molar-refractivity contribution in [2.75, 3.05) is 12.8 Å². The van der Waals surface area contributed by atoms with Crippen LogP contribution in [-0.4, -0.2) is 27.8 Å². The number of carbonyl (C=O) groups excluding carboxylic acids is 1. The van der Waals surface area contributed by atoms with E-state index in [2.05, 4.69) is 10.1 Å². The summed E-state index contributed by atoms with van der Waals surface area (Å²) in [6.07, 6.45) is 1.48. The van der Waals surface area contributed by atoms with Crippen molar-refractivity contribution in [1.82, 2.24) is 14.8 Å². The second-order valence-electron chi connectivity index (χ2n) is 4.34. The summed E-state index contributed by atoms with van der Waals surface area (Å²) in [5, 5.41) is 4.47. The number of anilines is 1. The van der Waals surface area contributed by atoms with Gasteiger partial charge in [0.05, 0.1) is 18.4 Å². The second-order valence-corrected chi connectivity index (χ2v) is 4.74. The Morgan fingerprint density at radius 1 is 1.41 bits per heavy atom. The molecule has 2 heterocycles. The van der Waals surface area contributed by atoms with Crippen LogP contribution in [-0.2, 0) is 0 Å². The maximum Gasteiger partial charge on any atom is 0.281 e. The molecule has 0 atom stereocenters. The largest absolute Gasteiger partial charge is 0.495 e. The zero-order valence-corrected chi connectivity index (χ0v) is 12.2. The van der Waals surface area contributed by atoms with Gasteiger partial charge in [0.2, 0.25) is 11.8 Å². The molecule has 0 amide bonds. The Bertz CT molecular complexity index is 827. The third-order valence-corrected chi connectivity index (χ3v) is 3.28. The molecule has 0 radical (unpaired) electrons. The number of aromatic nitrogens is 3. The lowest BCUT2D eigenvalue weighted by molar-refractivity contribution is 0.0947. The van der Waals surface area contributed by atoms with E-state index in [1.165, 1.54) is 19.4 Å². The van der Waals surface area contributed by atoms with Gasteiger partial charge in [-0.1, -0.05) is 11.6 Å². The maximum absolute atomic E-state index is 12.5. The Balaban J connectivity index is 1.99. The minimum Gasteiger partial charge on any atom is -0.495 e. The van der Waals surface area contributed by atoms with Gasteiger partial charge in [-0.3, -0.25) is 4.79 Å². The van der Waals surface area contributed by atoms with Crippen molar-refractivity contribution >= 4 is 23.5 Å². The Kier molecular flexibility index (Phi) is 3.56. The maximum atomic E-state index is 12.5. The lowest BCUT2D eigenvalue weighted by Gasteiger charge is -2.06. The number of benzene rings is 1. The molecule has 0 unspecified atom stereocenters. The summed E-state index contributed by atoms with van der Waals surface area (Å²) >= 11 is 5.94. The molecule has 2 aromatic heterocycles. The molecular formula is C14H11ClN4O3. The number of hydrogen-bond acceptors (Lipinski definition) is 6. The van der Waals surface area contributed by atoms with Crippen LogP contribution in [0.3, 0.4) is 0 Å². The Morgan fingerprint density at radius 3 is 2.91 bits per heavy atom. The molecule has 7 nitrogen and oxygen atoms in total. The minimum atomic E-state index is -0.447. The molecule has 3 aromatic rings. The average molecular weight is 319 g/mol. The highest BCUT2D eigenvalue weighted by atomic mass is 35.5. The van der Waals surface area contributed by atoms with Crippen LogP contribution in [0.1, 0.15) is 10.4 Å². The third kappa shape index (κ3) is 2.42. The number of halogens is 1. The van der Waals surface area contributed by atoms with Gasteiger partial charge in [0, 0.05) is 5.56 Å². The summed E-state index contributed by atoms with van der Waals surface area (Å²) < 4.78 is 11.3. The van der Waals surface area contributed by atoms with Crippen molar-refractivity contribution in [3.63, 3.8) is 0 Å². The van der Waals surface area contributed by atoms with Gasteiger partial charge >= 0.3 is 0 Å². The summed E-state index contributed by atoms with van der Waals surface area (Å²) in [5.41, 5.74) is 6.08. The van der Waals surface area contributed by atoms with E-state index in [0.717, 1.165) is 4.68 Å². The highest BCUT2D eigenvalue weighted by Crippen LogP contribution is 2.26. The van der Waals surface area contributed by atoms with Crippen LogP contribution in [0.5, 0.6) is 5.75 Å². The van der Waals surface area contributed by atoms with E-state index in [-0.39, 0.29) is 11.8 Å². The normalized spacial score (nSPS) is 10.6. The van der Waals surface area contributed by atoms with Gasteiger partial charge in [-0.2, -0.15) is 9.67 Å². The first kappa shape index (κ1) is 14.2. The number of methoxy groups -OCH3 is 1. The van der Waals surface area contributed by atoms with Crippen LogP contribution in [0, 0.1) is 0 Å². The molecule has 0 aliphatic carbocycles. The smallest absolute Gasteiger partial charge is 0.281 e. The first-order valence-electron chi connectivity index (χ1n) is 6.25. The van der Waals surface area contributed by atoms with Gasteiger partial charge in [-0.15, -0.1) is 5.10 Å². The first-order valence-corrected chi connectivity index (χ1v) is 6.62. The lowest BCUT2D eigenvalue weighted by atomic mass is 10.2. The molecule has 0 saturated heterocycles. The molecule has 0 spiro atoms. The summed E-state index contributed by atoms with van der Waals surface area (Å²) in [5.74, 6) is 0.560. The van der Waals surface area contributed by atoms with Crippen molar-refractivity contribution in [3.05, 3.63) is 47.2 Å².